The quantitative estimate of drug-likeness (QED) is 0.544. The number of aliphatic hydroxyl groups is 1. The molecule has 0 spiro atoms. The molecular weight excluding hydrogens is 443 g/mol. The van der Waals surface area contributed by atoms with Crippen LogP contribution in [0.25, 0.3) is 0 Å². The van der Waals surface area contributed by atoms with Crippen molar-refractivity contribution in [3.05, 3.63) is 68.0 Å². The van der Waals surface area contributed by atoms with Crippen LogP contribution in [-0.4, -0.2) is 38.0 Å². The molecule has 1 aliphatic rings. The highest BCUT2D eigenvalue weighted by atomic mass is 32.3. The SMILES string of the molecule is Cc1cn([C@H]2C[C@H](N[S+](=O)([O-])Cc3ccc(C(F)(F)F)cc3)[C@@H](CO)O2)c(=O)[nH]c1=O. The van der Waals surface area contributed by atoms with E-state index < -0.39 is 64.1 Å². The average Bonchev–Trinajstić information content (AvgIpc) is 3.05. The Hall–Kier alpha value is -2.32. The lowest BCUT2D eigenvalue weighted by Gasteiger charge is -2.22. The number of hydrogen-bond acceptors (Lipinski definition) is 6. The Labute approximate surface area is 175 Å². The number of aromatic amines is 1. The summed E-state index contributed by atoms with van der Waals surface area (Å²) in [6.07, 6.45) is -5.16. The van der Waals surface area contributed by atoms with Crippen LogP contribution in [-0.2, 0) is 31.3 Å². The van der Waals surface area contributed by atoms with E-state index in [0.717, 1.165) is 28.8 Å². The molecule has 9 nitrogen and oxygen atoms in total. The van der Waals surface area contributed by atoms with Gasteiger partial charge < -0.3 is 14.4 Å². The molecule has 1 aromatic heterocycles. The highest BCUT2D eigenvalue weighted by Gasteiger charge is 2.40. The molecule has 0 bridgehead atoms. The van der Waals surface area contributed by atoms with E-state index in [4.69, 9.17) is 4.74 Å². The Kier molecular flexibility index (Phi) is 6.53. The molecule has 0 aliphatic carbocycles. The second-order valence-corrected chi connectivity index (χ2v) is 8.96. The number of ether oxygens (including phenoxy) is 1. The molecule has 2 heterocycles. The van der Waals surface area contributed by atoms with Crippen molar-refractivity contribution in [1.29, 1.82) is 0 Å². The van der Waals surface area contributed by atoms with Crippen LogP contribution in [0.5, 0.6) is 0 Å². The van der Waals surface area contributed by atoms with Gasteiger partial charge in [0.25, 0.3) is 5.56 Å². The molecular formula is C18H20F3N3O6S. The van der Waals surface area contributed by atoms with E-state index in [1.54, 1.807) is 0 Å². The van der Waals surface area contributed by atoms with E-state index in [2.05, 4.69) is 9.71 Å². The Bertz CT molecular complexity index is 1100. The van der Waals surface area contributed by atoms with Gasteiger partial charge in [0.2, 0.25) is 0 Å². The van der Waals surface area contributed by atoms with Gasteiger partial charge in [0.1, 0.15) is 22.7 Å². The lowest BCUT2D eigenvalue weighted by atomic mass is 10.1. The number of nitrogens with zero attached hydrogens (tertiary/aromatic N) is 1. The molecule has 0 amide bonds. The zero-order valence-electron chi connectivity index (χ0n) is 16.2. The van der Waals surface area contributed by atoms with E-state index in [1.165, 1.54) is 13.1 Å². The third kappa shape index (κ3) is 5.49. The maximum atomic E-state index is 12.7. The molecule has 3 N–H and O–H groups in total. The van der Waals surface area contributed by atoms with Gasteiger partial charge in [-0.15, -0.1) is 4.72 Å². The van der Waals surface area contributed by atoms with Gasteiger partial charge in [-0.1, -0.05) is 16.3 Å². The maximum Gasteiger partial charge on any atom is 0.416 e. The molecule has 1 aromatic carbocycles. The highest BCUT2D eigenvalue weighted by molar-refractivity contribution is 7.95. The van der Waals surface area contributed by atoms with Crippen LogP contribution in [0.4, 0.5) is 13.2 Å². The normalized spacial score (nSPS) is 23.6. The number of sulfonamides is 1. The summed E-state index contributed by atoms with van der Waals surface area (Å²) >= 11 is 0. The molecule has 1 unspecified atom stereocenters. The largest absolute Gasteiger partial charge is 0.597 e. The first-order chi connectivity index (χ1) is 14.4. The van der Waals surface area contributed by atoms with Crippen molar-refractivity contribution in [3.63, 3.8) is 0 Å². The van der Waals surface area contributed by atoms with Gasteiger partial charge in [0.05, 0.1) is 18.2 Å². The monoisotopic (exact) mass is 463 g/mol. The molecule has 2 aromatic rings. The summed E-state index contributed by atoms with van der Waals surface area (Å²) in [7, 11) is -4.01. The van der Waals surface area contributed by atoms with Crippen LogP contribution in [0.15, 0.2) is 40.1 Å². The van der Waals surface area contributed by atoms with Crippen LogP contribution in [0, 0.1) is 6.92 Å². The minimum absolute atomic E-state index is 0.0111. The molecule has 31 heavy (non-hydrogen) atoms. The van der Waals surface area contributed by atoms with Gasteiger partial charge in [-0.25, -0.2) is 4.79 Å². The van der Waals surface area contributed by atoms with E-state index in [-0.39, 0.29) is 17.5 Å². The number of nitrogens with one attached hydrogen (secondary N) is 2. The third-order valence-electron chi connectivity index (χ3n) is 4.84. The lowest BCUT2D eigenvalue weighted by Crippen LogP contribution is -2.45. The Morgan fingerprint density at radius 1 is 1.32 bits per heavy atom. The van der Waals surface area contributed by atoms with Crippen molar-refractivity contribution in [2.75, 3.05) is 6.61 Å². The van der Waals surface area contributed by atoms with Crippen LogP contribution in [0.1, 0.15) is 29.3 Å². The Morgan fingerprint density at radius 2 is 1.97 bits per heavy atom. The zero-order chi connectivity index (χ0) is 23.0. The van der Waals surface area contributed by atoms with Gasteiger partial charge in [-0.2, -0.15) is 13.2 Å². The van der Waals surface area contributed by atoms with Crippen molar-refractivity contribution in [2.24, 2.45) is 0 Å². The van der Waals surface area contributed by atoms with Crippen molar-refractivity contribution in [1.82, 2.24) is 14.3 Å². The number of benzene rings is 1. The summed E-state index contributed by atoms with van der Waals surface area (Å²) in [6, 6.07) is 2.83. The van der Waals surface area contributed by atoms with Gasteiger partial charge in [-0.05, 0) is 19.1 Å². The number of H-pyrrole nitrogens is 1. The first-order valence-electron chi connectivity index (χ1n) is 9.14. The van der Waals surface area contributed by atoms with Crippen molar-refractivity contribution >= 4 is 10.4 Å². The average molecular weight is 463 g/mol. The Morgan fingerprint density at radius 3 is 2.55 bits per heavy atom. The molecule has 0 radical (unpaired) electrons. The van der Waals surface area contributed by atoms with Gasteiger partial charge in [0, 0.05) is 23.7 Å². The predicted octanol–water partition coefficient (Wildman–Crippen LogP) is 0.847. The number of hydrogen-bond donors (Lipinski definition) is 3. The van der Waals surface area contributed by atoms with E-state index in [1.807, 2.05) is 0 Å². The summed E-state index contributed by atoms with van der Waals surface area (Å²) in [5.41, 5.74) is -1.81. The van der Waals surface area contributed by atoms with Crippen LogP contribution >= 0.6 is 0 Å². The van der Waals surface area contributed by atoms with E-state index >= 15 is 0 Å². The first-order valence-corrected chi connectivity index (χ1v) is 10.8. The topological polar surface area (TPSA) is 136 Å². The summed E-state index contributed by atoms with van der Waals surface area (Å²) in [5.74, 6) is -0.581. The molecule has 4 atom stereocenters. The van der Waals surface area contributed by atoms with Gasteiger partial charge in [0.15, 0.2) is 5.75 Å². The van der Waals surface area contributed by atoms with Crippen LogP contribution < -0.4 is 16.0 Å². The molecule has 170 valence electrons. The molecule has 13 heteroatoms. The molecule has 3 rings (SSSR count). The fourth-order valence-electron chi connectivity index (χ4n) is 3.28. The third-order valence-corrected chi connectivity index (χ3v) is 6.22. The minimum Gasteiger partial charge on any atom is -0.597 e. The fourth-order valence-corrected chi connectivity index (χ4v) is 4.70. The highest BCUT2D eigenvalue weighted by Crippen LogP contribution is 2.31. The smallest absolute Gasteiger partial charge is 0.416 e. The first kappa shape index (κ1) is 23.3. The van der Waals surface area contributed by atoms with E-state index in [0.29, 0.717) is 0 Å². The zero-order valence-corrected chi connectivity index (χ0v) is 17.0. The molecule has 0 saturated carbocycles. The Balaban J connectivity index is 1.73. The minimum atomic E-state index is -4.53. The van der Waals surface area contributed by atoms with E-state index in [9.17, 15) is 36.6 Å². The van der Waals surface area contributed by atoms with Crippen molar-refractivity contribution in [3.8, 4) is 0 Å². The van der Waals surface area contributed by atoms with Crippen LogP contribution in [0.2, 0.25) is 0 Å². The second kappa shape index (κ2) is 8.67. The fraction of sp³-hybridized carbons (Fsp3) is 0.444. The predicted molar refractivity (Wildman–Crippen MR) is 103 cm³/mol. The number of aromatic nitrogens is 2. The molecule has 1 aliphatic heterocycles. The second-order valence-electron chi connectivity index (χ2n) is 7.20. The van der Waals surface area contributed by atoms with Gasteiger partial charge in [-0.3, -0.25) is 14.3 Å². The molecule has 1 fully saturated rings. The van der Waals surface area contributed by atoms with Crippen LogP contribution in [0.3, 0.4) is 0 Å². The standard InChI is InChI=1S/C18H20F3N3O6S/c1-10-7-24(17(27)22-16(10)26)15-6-13(14(8-25)30-15)23-31(28,29)9-11-2-4-12(5-3-11)18(19,20)21/h2-5,7,13-15,25H,6,8-9H2,1H3,(H2-,22,23,26,27,28,29)/t13-,14+,15+/m0/s1. The lowest BCUT2D eigenvalue weighted by molar-refractivity contribution is -0.137. The number of aryl methyl sites for hydroxylation is 1. The number of halogens is 3. The number of alkyl halides is 3. The summed E-state index contributed by atoms with van der Waals surface area (Å²) in [4.78, 5) is 25.7. The molecule has 1 saturated heterocycles. The summed E-state index contributed by atoms with van der Waals surface area (Å²) in [6.45, 7) is 0.943. The van der Waals surface area contributed by atoms with Crippen molar-refractivity contribution < 1.29 is 31.8 Å². The number of rotatable bonds is 6. The maximum absolute atomic E-state index is 12.7. The summed E-state index contributed by atoms with van der Waals surface area (Å²) in [5, 5.41) is 9.55. The van der Waals surface area contributed by atoms with Crippen molar-refractivity contribution in [2.45, 2.75) is 43.6 Å². The number of aliphatic hydroxyl groups excluding tert-OH is 1. The van der Waals surface area contributed by atoms with Gasteiger partial charge >= 0.3 is 11.9 Å². The summed E-state index contributed by atoms with van der Waals surface area (Å²) < 4.78 is 72.0.